The van der Waals surface area contributed by atoms with Crippen LogP contribution < -0.4 is 15.8 Å². The molecule has 110 valence electrons. The van der Waals surface area contributed by atoms with E-state index in [2.05, 4.69) is 5.32 Å². The van der Waals surface area contributed by atoms with Crippen LogP contribution in [-0.2, 0) is 4.79 Å². The third-order valence-corrected chi connectivity index (χ3v) is 3.25. The van der Waals surface area contributed by atoms with Gasteiger partial charge in [0.1, 0.15) is 5.75 Å². The Balaban J connectivity index is 2.01. The largest absolute Gasteiger partial charge is 0.483 e. The molecule has 1 amide bonds. The van der Waals surface area contributed by atoms with Gasteiger partial charge in [0, 0.05) is 11.4 Å². The fraction of sp³-hybridized carbons (Fsp3) is 0.235. The van der Waals surface area contributed by atoms with Crippen molar-refractivity contribution in [3.63, 3.8) is 0 Å². The number of hydrogen-bond acceptors (Lipinski definition) is 3. The highest BCUT2D eigenvalue weighted by Gasteiger charge is 2.09. The van der Waals surface area contributed by atoms with E-state index in [0.29, 0.717) is 11.4 Å². The zero-order chi connectivity index (χ0) is 15.4. The zero-order valence-electron chi connectivity index (χ0n) is 12.6. The minimum absolute atomic E-state index is 0.0278. The fourth-order valence-electron chi connectivity index (χ4n) is 2.25. The van der Waals surface area contributed by atoms with Gasteiger partial charge >= 0.3 is 0 Å². The minimum atomic E-state index is -0.181. The number of rotatable bonds is 4. The molecule has 0 fully saturated rings. The number of carbonyl (C=O) groups is 1. The molecule has 0 heterocycles. The van der Waals surface area contributed by atoms with Gasteiger partial charge in [-0.05, 0) is 55.7 Å². The second-order valence-corrected chi connectivity index (χ2v) is 5.14. The van der Waals surface area contributed by atoms with Crippen LogP contribution in [0.2, 0.25) is 0 Å². The summed E-state index contributed by atoms with van der Waals surface area (Å²) in [5.74, 6) is 0.532. The average Bonchev–Trinajstić information content (AvgIpc) is 2.40. The molecule has 2 rings (SSSR count). The lowest BCUT2D eigenvalue weighted by molar-refractivity contribution is -0.118. The van der Waals surface area contributed by atoms with Gasteiger partial charge < -0.3 is 15.8 Å². The Hall–Kier alpha value is -2.49. The summed E-state index contributed by atoms with van der Waals surface area (Å²) >= 11 is 0. The van der Waals surface area contributed by atoms with Crippen molar-refractivity contribution < 1.29 is 9.53 Å². The van der Waals surface area contributed by atoms with Crippen molar-refractivity contribution in [2.45, 2.75) is 20.8 Å². The monoisotopic (exact) mass is 284 g/mol. The SMILES string of the molecule is Cc1ccccc1NC(=O)COc1c(C)cc(N)cc1C. The Morgan fingerprint density at radius 1 is 1.10 bits per heavy atom. The Morgan fingerprint density at radius 3 is 2.33 bits per heavy atom. The lowest BCUT2D eigenvalue weighted by atomic mass is 10.1. The smallest absolute Gasteiger partial charge is 0.262 e. The molecule has 0 bridgehead atoms. The van der Waals surface area contributed by atoms with E-state index in [4.69, 9.17) is 10.5 Å². The van der Waals surface area contributed by atoms with E-state index in [1.807, 2.05) is 57.2 Å². The molecule has 0 aliphatic heterocycles. The number of nitrogens with two attached hydrogens (primary N) is 1. The highest BCUT2D eigenvalue weighted by atomic mass is 16.5. The second-order valence-electron chi connectivity index (χ2n) is 5.14. The molecule has 3 N–H and O–H groups in total. The first-order valence-electron chi connectivity index (χ1n) is 6.82. The number of hydrogen-bond donors (Lipinski definition) is 2. The van der Waals surface area contributed by atoms with Crippen molar-refractivity contribution in [2.75, 3.05) is 17.7 Å². The van der Waals surface area contributed by atoms with E-state index in [-0.39, 0.29) is 12.5 Å². The summed E-state index contributed by atoms with van der Waals surface area (Å²) in [4.78, 5) is 12.0. The maximum Gasteiger partial charge on any atom is 0.262 e. The number of nitrogens with one attached hydrogen (secondary N) is 1. The van der Waals surface area contributed by atoms with Gasteiger partial charge in [-0.3, -0.25) is 4.79 Å². The first-order chi connectivity index (χ1) is 9.97. The van der Waals surface area contributed by atoms with Crippen molar-refractivity contribution >= 4 is 17.3 Å². The van der Waals surface area contributed by atoms with Crippen molar-refractivity contribution in [2.24, 2.45) is 0 Å². The molecule has 0 spiro atoms. The average molecular weight is 284 g/mol. The molecule has 0 aliphatic carbocycles. The van der Waals surface area contributed by atoms with Crippen LogP contribution in [0.5, 0.6) is 5.75 Å². The Labute approximate surface area is 124 Å². The quantitative estimate of drug-likeness (QED) is 0.847. The highest BCUT2D eigenvalue weighted by molar-refractivity contribution is 5.92. The standard InChI is InChI=1S/C17H20N2O2/c1-11-6-4-5-7-15(11)19-16(20)10-21-17-12(2)8-14(18)9-13(17)3/h4-9H,10,18H2,1-3H3,(H,19,20). The number of carbonyl (C=O) groups excluding carboxylic acids is 1. The van der Waals surface area contributed by atoms with E-state index in [9.17, 15) is 4.79 Å². The molecule has 0 saturated heterocycles. The van der Waals surface area contributed by atoms with Gasteiger partial charge in [0.15, 0.2) is 6.61 Å². The number of amides is 1. The molecule has 2 aromatic carbocycles. The van der Waals surface area contributed by atoms with Crippen molar-refractivity contribution in [1.29, 1.82) is 0 Å². The van der Waals surface area contributed by atoms with Gasteiger partial charge in [-0.2, -0.15) is 0 Å². The van der Waals surface area contributed by atoms with Crippen molar-refractivity contribution in [3.05, 3.63) is 53.1 Å². The predicted octanol–water partition coefficient (Wildman–Crippen LogP) is 3.21. The molecular formula is C17H20N2O2. The van der Waals surface area contributed by atoms with Crippen LogP contribution in [0.25, 0.3) is 0 Å². The minimum Gasteiger partial charge on any atom is -0.483 e. The predicted molar refractivity (Wildman–Crippen MR) is 85.6 cm³/mol. The van der Waals surface area contributed by atoms with Crippen LogP contribution in [0.4, 0.5) is 11.4 Å². The molecule has 0 atom stereocenters. The summed E-state index contributed by atoms with van der Waals surface area (Å²) < 4.78 is 5.63. The maximum atomic E-state index is 12.0. The summed E-state index contributed by atoms with van der Waals surface area (Å²) in [5.41, 5.74) is 10.1. The molecule has 4 nitrogen and oxygen atoms in total. The van der Waals surface area contributed by atoms with Crippen LogP contribution >= 0.6 is 0 Å². The van der Waals surface area contributed by atoms with Crippen LogP contribution in [0.3, 0.4) is 0 Å². The Kier molecular flexibility index (Phi) is 4.48. The number of ether oxygens (including phenoxy) is 1. The van der Waals surface area contributed by atoms with E-state index in [1.54, 1.807) is 0 Å². The van der Waals surface area contributed by atoms with E-state index in [0.717, 1.165) is 22.4 Å². The Morgan fingerprint density at radius 2 is 1.71 bits per heavy atom. The van der Waals surface area contributed by atoms with Gasteiger partial charge in [-0.15, -0.1) is 0 Å². The molecule has 0 saturated carbocycles. The normalized spacial score (nSPS) is 10.2. The van der Waals surface area contributed by atoms with E-state index >= 15 is 0 Å². The summed E-state index contributed by atoms with van der Waals surface area (Å²) in [7, 11) is 0. The number of aryl methyl sites for hydroxylation is 3. The highest BCUT2D eigenvalue weighted by Crippen LogP contribution is 2.25. The second kappa shape index (κ2) is 6.31. The third-order valence-electron chi connectivity index (χ3n) is 3.25. The van der Waals surface area contributed by atoms with Gasteiger partial charge in [0.05, 0.1) is 0 Å². The molecular weight excluding hydrogens is 264 g/mol. The molecule has 0 radical (unpaired) electrons. The summed E-state index contributed by atoms with van der Waals surface area (Å²) in [6, 6.07) is 11.3. The van der Waals surface area contributed by atoms with Crippen LogP contribution in [0.1, 0.15) is 16.7 Å². The maximum absolute atomic E-state index is 12.0. The van der Waals surface area contributed by atoms with Gasteiger partial charge in [0.25, 0.3) is 5.91 Å². The lowest BCUT2D eigenvalue weighted by Gasteiger charge is -2.13. The molecule has 0 aromatic heterocycles. The van der Waals surface area contributed by atoms with Crippen molar-refractivity contribution in [1.82, 2.24) is 0 Å². The number of benzene rings is 2. The third kappa shape index (κ3) is 3.75. The van der Waals surface area contributed by atoms with E-state index in [1.165, 1.54) is 0 Å². The van der Waals surface area contributed by atoms with Gasteiger partial charge in [-0.1, -0.05) is 18.2 Å². The Bertz CT molecular complexity index is 643. The lowest BCUT2D eigenvalue weighted by Crippen LogP contribution is -2.21. The molecule has 4 heteroatoms. The molecule has 0 aliphatic rings. The molecule has 0 unspecified atom stereocenters. The fourth-order valence-corrected chi connectivity index (χ4v) is 2.25. The summed E-state index contributed by atoms with van der Waals surface area (Å²) in [6.07, 6.45) is 0. The van der Waals surface area contributed by atoms with E-state index < -0.39 is 0 Å². The molecule has 21 heavy (non-hydrogen) atoms. The molecule has 2 aromatic rings. The van der Waals surface area contributed by atoms with Crippen LogP contribution in [0.15, 0.2) is 36.4 Å². The first-order valence-corrected chi connectivity index (χ1v) is 6.82. The van der Waals surface area contributed by atoms with Crippen molar-refractivity contribution in [3.8, 4) is 5.75 Å². The van der Waals surface area contributed by atoms with Crippen LogP contribution in [0, 0.1) is 20.8 Å². The first kappa shape index (κ1) is 14.9. The number of nitrogen functional groups attached to an aromatic ring is 1. The summed E-state index contributed by atoms with van der Waals surface area (Å²) in [5, 5.41) is 2.84. The van der Waals surface area contributed by atoms with Gasteiger partial charge in [-0.25, -0.2) is 0 Å². The summed E-state index contributed by atoms with van der Waals surface area (Å²) in [6.45, 7) is 5.75. The topological polar surface area (TPSA) is 64.3 Å². The number of para-hydroxylation sites is 1. The number of anilines is 2. The zero-order valence-corrected chi connectivity index (χ0v) is 12.6. The van der Waals surface area contributed by atoms with Crippen LogP contribution in [-0.4, -0.2) is 12.5 Å². The van der Waals surface area contributed by atoms with Gasteiger partial charge in [0.2, 0.25) is 0 Å².